The lowest BCUT2D eigenvalue weighted by atomic mass is 9.53. The molecule has 1 aromatic carbocycles. The molecule has 10 rings (SSSR count). The number of halogens is 5. The van der Waals surface area contributed by atoms with Gasteiger partial charge in [-0.25, -0.2) is 13.5 Å². The van der Waals surface area contributed by atoms with E-state index < -0.39 is 29.1 Å². The summed E-state index contributed by atoms with van der Waals surface area (Å²) >= 11 is 1.19. The third-order valence-electron chi connectivity index (χ3n) is 14.2. The molecule has 0 spiro atoms. The number of hydrogen-bond acceptors (Lipinski definition) is 12. The maximum absolute atomic E-state index is 15.6. The summed E-state index contributed by atoms with van der Waals surface area (Å²) in [6, 6.07) is 3.16. The second-order valence-electron chi connectivity index (χ2n) is 20.8. The number of thiophene rings is 1. The van der Waals surface area contributed by atoms with Crippen molar-refractivity contribution in [3.63, 3.8) is 0 Å². The fraction of sp³-hybridized carbons (Fsp3) is 0.578. The first-order chi connectivity index (χ1) is 30.1. The number of nitrogens with one attached hydrogen (secondary N) is 2. The van der Waals surface area contributed by atoms with E-state index in [2.05, 4.69) is 49.6 Å². The number of pyridine rings is 1. The Morgan fingerprint density at radius 1 is 1.06 bits per heavy atom. The van der Waals surface area contributed by atoms with Gasteiger partial charge < -0.3 is 24.6 Å². The summed E-state index contributed by atoms with van der Waals surface area (Å²) in [5.41, 5.74) is -1.64. The predicted octanol–water partition coefficient (Wildman–Crippen LogP) is 8.52. The van der Waals surface area contributed by atoms with Gasteiger partial charge in [0.25, 0.3) is 5.92 Å². The summed E-state index contributed by atoms with van der Waals surface area (Å²) in [7, 11) is 1.86. The van der Waals surface area contributed by atoms with Crippen molar-refractivity contribution in [1.29, 1.82) is 0 Å². The van der Waals surface area contributed by atoms with Crippen LogP contribution in [0.3, 0.4) is 0 Å². The molecule has 2 saturated carbocycles. The number of aromatic nitrogens is 8. The number of aldehydes is 1. The summed E-state index contributed by atoms with van der Waals surface area (Å²) in [5, 5.41) is 20.9. The Balaban J connectivity index is 0.936. The Kier molecular flexibility index (Phi) is 9.79. The fourth-order valence-corrected chi connectivity index (χ4v) is 12.7. The molecule has 3 unspecified atom stereocenters. The molecule has 2 N–H and O–H groups in total. The van der Waals surface area contributed by atoms with Gasteiger partial charge in [-0.1, -0.05) is 39.8 Å². The van der Waals surface area contributed by atoms with Crippen LogP contribution in [0.5, 0.6) is 6.01 Å². The molecule has 6 aromatic rings. The molecule has 7 heterocycles. The number of carbonyl (C=O) groups is 1. The lowest BCUT2D eigenvalue weighted by Crippen LogP contribution is -2.52. The number of benzene rings is 1. The van der Waals surface area contributed by atoms with Crippen molar-refractivity contribution in [2.24, 2.45) is 16.2 Å². The number of fused-ring (bicyclic) bond motifs is 6. The van der Waals surface area contributed by atoms with Gasteiger partial charge in [0.2, 0.25) is 0 Å². The first-order valence-electron chi connectivity index (χ1n) is 21.8. The van der Waals surface area contributed by atoms with E-state index in [9.17, 15) is 18.0 Å². The van der Waals surface area contributed by atoms with Gasteiger partial charge in [-0.05, 0) is 68.2 Å². The van der Waals surface area contributed by atoms with Gasteiger partial charge in [0.15, 0.2) is 0 Å². The van der Waals surface area contributed by atoms with E-state index in [-0.39, 0.29) is 70.7 Å². The normalized spacial score (nSPS) is 27.2. The van der Waals surface area contributed by atoms with Crippen molar-refractivity contribution in [2.45, 2.75) is 109 Å². The molecular weight excluding hydrogens is 854 g/mol. The molecule has 2 bridgehead atoms. The number of piperazine rings is 1. The van der Waals surface area contributed by atoms with Crippen LogP contribution in [0.15, 0.2) is 30.7 Å². The molecule has 64 heavy (non-hydrogen) atoms. The third kappa shape index (κ3) is 7.20. The van der Waals surface area contributed by atoms with Gasteiger partial charge in [0.1, 0.15) is 29.6 Å². The highest BCUT2D eigenvalue weighted by Gasteiger charge is 2.72. The van der Waals surface area contributed by atoms with E-state index in [0.717, 1.165) is 37.7 Å². The van der Waals surface area contributed by atoms with Gasteiger partial charge in [-0.3, -0.25) is 10.1 Å². The molecule has 4 aliphatic rings. The minimum Gasteiger partial charge on any atom is -0.462 e. The van der Waals surface area contributed by atoms with Crippen LogP contribution in [0.25, 0.3) is 42.5 Å². The summed E-state index contributed by atoms with van der Waals surface area (Å²) in [4.78, 5) is 30.8. The number of hydrogen-bond donors (Lipinski definition) is 2. The van der Waals surface area contributed by atoms with Crippen LogP contribution in [0.2, 0.25) is 0 Å². The van der Waals surface area contributed by atoms with E-state index in [1.54, 1.807) is 10.7 Å². The van der Waals surface area contributed by atoms with Crippen LogP contribution >= 0.6 is 11.3 Å². The zero-order valence-electron chi connectivity index (χ0n) is 36.9. The van der Waals surface area contributed by atoms with Gasteiger partial charge >= 0.3 is 12.2 Å². The zero-order valence-corrected chi connectivity index (χ0v) is 37.7. The number of aryl methyl sites for hydroxylation is 1. The van der Waals surface area contributed by atoms with E-state index in [1.807, 2.05) is 38.9 Å². The first kappa shape index (κ1) is 43.0. The van der Waals surface area contributed by atoms with E-state index in [1.165, 1.54) is 36.7 Å². The summed E-state index contributed by atoms with van der Waals surface area (Å²) in [5.74, 6) is -2.41. The Bertz CT molecular complexity index is 2800. The lowest BCUT2D eigenvalue weighted by Gasteiger charge is -2.53. The van der Waals surface area contributed by atoms with Gasteiger partial charge in [0.05, 0.1) is 44.2 Å². The van der Waals surface area contributed by atoms with Crippen LogP contribution in [-0.2, 0) is 16.4 Å². The van der Waals surface area contributed by atoms with E-state index in [0.29, 0.717) is 56.7 Å². The highest BCUT2D eigenvalue weighted by atomic mass is 32.1. The third-order valence-corrected chi connectivity index (χ3v) is 15.3. The van der Waals surface area contributed by atoms with Crippen LogP contribution in [0, 0.1) is 23.2 Å². The smallest absolute Gasteiger partial charge is 0.417 e. The number of nitrogens with zero attached hydrogens (tertiary/aromatic N) is 9. The monoisotopic (exact) mass is 905 g/mol. The van der Waals surface area contributed by atoms with Crippen LogP contribution in [0.4, 0.5) is 27.8 Å². The number of aromatic amines is 1. The maximum Gasteiger partial charge on any atom is 0.417 e. The largest absolute Gasteiger partial charge is 0.462 e. The quantitative estimate of drug-likeness (QED) is 0.0902. The van der Waals surface area contributed by atoms with Crippen molar-refractivity contribution < 1.29 is 31.5 Å². The molecule has 5 aromatic heterocycles. The fourth-order valence-electron chi connectivity index (χ4n) is 11.5. The number of carbonyl (C=O) groups excluding carboxylic acids is 1. The molecule has 0 radical (unpaired) electrons. The van der Waals surface area contributed by atoms with Crippen molar-refractivity contribution >= 4 is 54.6 Å². The second-order valence-corrected chi connectivity index (χ2v) is 21.8. The molecule has 2 aliphatic carbocycles. The van der Waals surface area contributed by atoms with Crippen molar-refractivity contribution in [2.75, 3.05) is 44.7 Å². The SMILES string of the molecule is Cc1cc2[nH]ncc2c(-c2nccc3c2sc2nc(OC[C@]4(CN(C)CC5(C)CC(C)(c6cn(C(C=O)C(C)(C)C)nn6)C5)CC4(F)F)nc(N4CC5CCC(C4)N5)c23)c1C(F)(F)F. The van der Waals surface area contributed by atoms with E-state index in [4.69, 9.17) is 14.7 Å². The van der Waals surface area contributed by atoms with Crippen molar-refractivity contribution in [3.05, 3.63) is 47.5 Å². The molecule has 4 atom stereocenters. The predicted molar refractivity (Wildman–Crippen MR) is 234 cm³/mol. The van der Waals surface area contributed by atoms with Gasteiger partial charge in [0, 0.05) is 78.8 Å². The molecular formula is C45H52F5N11O2S. The van der Waals surface area contributed by atoms with Crippen molar-refractivity contribution in [3.8, 4) is 17.3 Å². The summed E-state index contributed by atoms with van der Waals surface area (Å²) in [6.07, 6.45) is 4.17. The number of alkyl halides is 5. The zero-order chi connectivity index (χ0) is 45.4. The lowest BCUT2D eigenvalue weighted by molar-refractivity contribution is -0.137. The molecule has 19 heteroatoms. The van der Waals surface area contributed by atoms with Crippen LogP contribution in [-0.4, -0.2) is 109 Å². The molecule has 2 aliphatic heterocycles. The minimum atomic E-state index is -4.68. The molecule has 2 saturated heterocycles. The van der Waals surface area contributed by atoms with E-state index >= 15 is 8.78 Å². The standard InChI is InChI=1S/C45H52F5N11O2S/c1-24-12-29-28(13-52-56-29)32(34(24)45(48,49)50)35-36-27(10-11-51-35)33-37(60-14-25-8-9-26(15-60)53-25)54-39(55-38(33)64-36)63-23-43(20-44(43,46)47)22-59(7)21-41(5)18-42(6,19-41)30-16-61(58-57-30)31(17-62)40(2,3)4/h10-13,16-17,25-26,31,53H,8-9,14-15,18-23H2,1-7H3,(H,52,56)/t25?,26?,31?,41?,42?,43-/m1/s1. The minimum absolute atomic E-state index is 0.0372. The molecule has 340 valence electrons. The average Bonchev–Trinajstić information content (AvgIpc) is 3.84. The Hall–Kier alpha value is -4.88. The molecule has 13 nitrogen and oxygen atoms in total. The maximum atomic E-state index is 15.6. The highest BCUT2D eigenvalue weighted by Crippen LogP contribution is 2.62. The Morgan fingerprint density at radius 3 is 2.44 bits per heavy atom. The number of H-pyrrole nitrogens is 1. The average molecular weight is 906 g/mol. The van der Waals surface area contributed by atoms with Gasteiger partial charge in [-0.15, -0.1) is 16.4 Å². The topological polar surface area (TPSA) is 143 Å². The number of rotatable bonds is 12. The highest BCUT2D eigenvalue weighted by molar-refractivity contribution is 7.26. The summed E-state index contributed by atoms with van der Waals surface area (Å²) < 4.78 is 84.1. The molecule has 4 fully saturated rings. The van der Waals surface area contributed by atoms with Crippen LogP contribution in [0.1, 0.15) is 89.6 Å². The summed E-state index contributed by atoms with van der Waals surface area (Å²) in [6.45, 7) is 13.3. The Morgan fingerprint density at radius 2 is 1.78 bits per heavy atom. The van der Waals surface area contributed by atoms with Gasteiger partial charge in [-0.2, -0.15) is 28.2 Å². The molecule has 0 amide bonds. The van der Waals surface area contributed by atoms with Crippen molar-refractivity contribution in [1.82, 2.24) is 50.4 Å². The second kappa shape index (κ2) is 14.6. The number of ether oxygens (including phenoxy) is 1. The van der Waals surface area contributed by atoms with Crippen LogP contribution < -0.4 is 15.0 Å². The Labute approximate surface area is 370 Å². The first-order valence-corrected chi connectivity index (χ1v) is 22.6. The number of anilines is 1.